The molecule has 0 spiro atoms. The lowest BCUT2D eigenvalue weighted by atomic mass is 10.0. The Morgan fingerprint density at radius 3 is 2.61 bits per heavy atom. The van der Waals surface area contributed by atoms with Gasteiger partial charge >= 0.3 is 6.03 Å². The van der Waals surface area contributed by atoms with Crippen molar-refractivity contribution >= 4 is 17.8 Å². The van der Waals surface area contributed by atoms with Gasteiger partial charge in [0.2, 0.25) is 0 Å². The van der Waals surface area contributed by atoms with Crippen LogP contribution >= 0.6 is 11.8 Å². The number of urea groups is 1. The molecule has 0 radical (unpaired) electrons. The Morgan fingerprint density at radius 2 is 2.04 bits per heavy atom. The molecule has 3 N–H and O–H groups in total. The summed E-state index contributed by atoms with van der Waals surface area (Å²) in [6.45, 7) is 8.10. The van der Waals surface area contributed by atoms with Gasteiger partial charge in [-0.15, -0.1) is 11.8 Å². The zero-order chi connectivity index (χ0) is 16.8. The van der Waals surface area contributed by atoms with Crippen molar-refractivity contribution in [1.82, 2.24) is 10.2 Å². The molecule has 2 amide bonds. The van der Waals surface area contributed by atoms with Crippen LogP contribution in [0.3, 0.4) is 0 Å². The van der Waals surface area contributed by atoms with Crippen molar-refractivity contribution in [2.75, 3.05) is 18.8 Å². The number of primary amides is 1. The van der Waals surface area contributed by atoms with Crippen molar-refractivity contribution < 1.29 is 4.79 Å². The van der Waals surface area contributed by atoms with Crippen molar-refractivity contribution in [3.63, 3.8) is 0 Å². The molecule has 1 heterocycles. The number of hydrogen-bond donors (Lipinski definition) is 2. The van der Waals surface area contributed by atoms with Gasteiger partial charge < -0.3 is 16.0 Å². The summed E-state index contributed by atoms with van der Waals surface area (Å²) in [6.07, 6.45) is 3.11. The highest BCUT2D eigenvalue weighted by molar-refractivity contribution is 7.99. The predicted molar refractivity (Wildman–Crippen MR) is 98.0 cm³/mol. The van der Waals surface area contributed by atoms with Crippen LogP contribution in [0.15, 0.2) is 23.1 Å². The molecular formula is C18H29N3OS. The largest absolute Gasteiger partial charge is 0.351 e. The fourth-order valence-corrected chi connectivity index (χ4v) is 4.03. The average molecular weight is 336 g/mol. The van der Waals surface area contributed by atoms with E-state index >= 15 is 0 Å². The highest BCUT2D eigenvalue weighted by Crippen LogP contribution is 2.23. The lowest BCUT2D eigenvalue weighted by Crippen LogP contribution is -2.49. The van der Waals surface area contributed by atoms with Crippen molar-refractivity contribution in [1.29, 1.82) is 0 Å². The number of benzene rings is 1. The molecule has 1 aromatic rings. The maximum atomic E-state index is 11.2. The fourth-order valence-electron chi connectivity index (χ4n) is 2.88. The van der Waals surface area contributed by atoms with Crippen LogP contribution in [0, 0.1) is 13.8 Å². The molecule has 1 atom stereocenters. The summed E-state index contributed by atoms with van der Waals surface area (Å²) in [5, 5.41) is 3.76. The third-order valence-electron chi connectivity index (χ3n) is 4.70. The molecule has 1 saturated heterocycles. The Morgan fingerprint density at radius 1 is 1.35 bits per heavy atom. The minimum absolute atomic E-state index is 0.291. The maximum absolute atomic E-state index is 11.2. The number of thioether (sulfide) groups is 1. The highest BCUT2D eigenvalue weighted by atomic mass is 32.2. The zero-order valence-electron chi connectivity index (χ0n) is 14.5. The first kappa shape index (κ1) is 18.1. The van der Waals surface area contributed by atoms with Gasteiger partial charge in [-0.1, -0.05) is 13.0 Å². The summed E-state index contributed by atoms with van der Waals surface area (Å²) >= 11 is 1.92. The lowest BCUT2D eigenvalue weighted by molar-refractivity contribution is 0.183. The molecule has 128 valence electrons. The van der Waals surface area contributed by atoms with Crippen molar-refractivity contribution in [2.24, 2.45) is 5.73 Å². The summed E-state index contributed by atoms with van der Waals surface area (Å²) < 4.78 is 0. The van der Waals surface area contributed by atoms with Crippen molar-refractivity contribution in [3.8, 4) is 0 Å². The van der Waals surface area contributed by atoms with E-state index in [-0.39, 0.29) is 6.03 Å². The Labute approximate surface area is 144 Å². The number of amides is 2. The van der Waals surface area contributed by atoms with Gasteiger partial charge in [0.15, 0.2) is 0 Å². The first-order chi connectivity index (χ1) is 11.0. The van der Waals surface area contributed by atoms with Crippen LogP contribution in [-0.2, 0) is 0 Å². The number of likely N-dealkylation sites (tertiary alicyclic amines) is 1. The number of nitrogens with zero attached hydrogens (tertiary/aromatic N) is 1. The molecule has 0 aliphatic carbocycles. The topological polar surface area (TPSA) is 58.4 Å². The first-order valence-electron chi connectivity index (χ1n) is 8.50. The summed E-state index contributed by atoms with van der Waals surface area (Å²) in [5.41, 5.74) is 8.04. The van der Waals surface area contributed by atoms with Crippen LogP contribution < -0.4 is 11.1 Å². The second-order valence-corrected chi connectivity index (χ2v) is 7.52. The van der Waals surface area contributed by atoms with Gasteiger partial charge in [0.05, 0.1) is 0 Å². The van der Waals surface area contributed by atoms with Crippen LogP contribution in [0.5, 0.6) is 0 Å². The number of aryl methyl sites for hydroxylation is 2. The smallest absolute Gasteiger partial charge is 0.314 e. The standard InChI is InChI=1S/C18H29N3OS/c1-4-15(12-23-17-6-5-13(2)14(3)11-17)20-16-7-9-21(10-8-16)18(19)22/h5-6,11,15-16,20H,4,7-10,12H2,1-3H3,(H2,19,22)/t15-/m1/s1. The van der Waals surface area contributed by atoms with E-state index in [4.69, 9.17) is 5.73 Å². The monoisotopic (exact) mass is 335 g/mol. The van der Waals surface area contributed by atoms with E-state index in [2.05, 4.69) is 44.3 Å². The van der Waals surface area contributed by atoms with Gasteiger partial charge in [-0.3, -0.25) is 0 Å². The molecule has 0 unspecified atom stereocenters. The molecule has 1 aliphatic heterocycles. The molecule has 5 heteroatoms. The van der Waals surface area contributed by atoms with E-state index in [1.807, 2.05) is 11.8 Å². The predicted octanol–water partition coefficient (Wildman–Crippen LogP) is 3.31. The highest BCUT2D eigenvalue weighted by Gasteiger charge is 2.22. The van der Waals surface area contributed by atoms with E-state index in [9.17, 15) is 4.79 Å². The minimum Gasteiger partial charge on any atom is -0.351 e. The molecule has 23 heavy (non-hydrogen) atoms. The van der Waals surface area contributed by atoms with Crippen LogP contribution in [-0.4, -0.2) is 41.9 Å². The zero-order valence-corrected chi connectivity index (χ0v) is 15.3. The molecular weight excluding hydrogens is 306 g/mol. The third-order valence-corrected chi connectivity index (χ3v) is 5.86. The van der Waals surface area contributed by atoms with Crippen LogP contribution in [0.1, 0.15) is 37.3 Å². The SMILES string of the molecule is CC[C@H](CSc1ccc(C)c(C)c1)NC1CCN(C(N)=O)CC1. The quantitative estimate of drug-likeness (QED) is 0.784. The Kier molecular flexibility index (Phi) is 6.78. The van der Waals surface area contributed by atoms with Crippen LogP contribution in [0.25, 0.3) is 0 Å². The molecule has 2 rings (SSSR count). The molecule has 1 aromatic carbocycles. The number of piperidine rings is 1. The average Bonchev–Trinajstić information content (AvgIpc) is 2.55. The number of carbonyl (C=O) groups is 1. The molecule has 1 fully saturated rings. The second kappa shape index (κ2) is 8.60. The maximum Gasteiger partial charge on any atom is 0.314 e. The van der Waals surface area contributed by atoms with Gasteiger partial charge in [0.25, 0.3) is 0 Å². The Hall–Kier alpha value is -1.20. The molecule has 0 aromatic heterocycles. The van der Waals surface area contributed by atoms with E-state index < -0.39 is 0 Å². The first-order valence-corrected chi connectivity index (χ1v) is 9.48. The van der Waals surface area contributed by atoms with E-state index in [0.29, 0.717) is 12.1 Å². The molecule has 1 aliphatic rings. The minimum atomic E-state index is -0.291. The normalized spacial score (nSPS) is 17.3. The van der Waals surface area contributed by atoms with Gasteiger partial charge in [-0.25, -0.2) is 4.79 Å². The van der Waals surface area contributed by atoms with Gasteiger partial charge in [-0.05, 0) is 56.4 Å². The molecule has 4 nitrogen and oxygen atoms in total. The fraction of sp³-hybridized carbons (Fsp3) is 0.611. The molecule has 0 bridgehead atoms. The van der Waals surface area contributed by atoms with E-state index in [0.717, 1.165) is 38.1 Å². The number of nitrogens with two attached hydrogens (primary N) is 1. The summed E-state index contributed by atoms with van der Waals surface area (Å²) in [4.78, 5) is 14.3. The van der Waals surface area contributed by atoms with Crippen molar-refractivity contribution in [2.45, 2.75) is 57.0 Å². The Bertz CT molecular complexity index is 527. The van der Waals surface area contributed by atoms with Gasteiger partial charge in [-0.2, -0.15) is 0 Å². The number of hydrogen-bond acceptors (Lipinski definition) is 3. The van der Waals surface area contributed by atoms with Crippen LogP contribution in [0.4, 0.5) is 4.79 Å². The third kappa shape index (κ3) is 5.43. The van der Waals surface area contributed by atoms with E-state index in [1.165, 1.54) is 16.0 Å². The summed E-state index contributed by atoms with van der Waals surface area (Å²) in [6, 6.07) is 7.40. The second-order valence-electron chi connectivity index (χ2n) is 6.43. The van der Waals surface area contributed by atoms with Crippen LogP contribution in [0.2, 0.25) is 0 Å². The van der Waals surface area contributed by atoms with E-state index in [1.54, 1.807) is 4.90 Å². The summed E-state index contributed by atoms with van der Waals surface area (Å²) in [5.74, 6) is 1.08. The lowest BCUT2D eigenvalue weighted by Gasteiger charge is -2.33. The Balaban J connectivity index is 1.79. The number of nitrogens with one attached hydrogen (secondary N) is 1. The molecule has 0 saturated carbocycles. The van der Waals surface area contributed by atoms with Crippen molar-refractivity contribution in [3.05, 3.63) is 29.3 Å². The number of rotatable bonds is 6. The summed E-state index contributed by atoms with van der Waals surface area (Å²) in [7, 11) is 0. The van der Waals surface area contributed by atoms with Gasteiger partial charge in [0, 0.05) is 35.8 Å². The number of carbonyl (C=O) groups excluding carboxylic acids is 1. The van der Waals surface area contributed by atoms with Gasteiger partial charge in [0.1, 0.15) is 0 Å².